The number of rotatable bonds is 6. The van der Waals surface area contributed by atoms with Crippen LogP contribution in [0.2, 0.25) is 0 Å². The molecular formula is C20H22O4. The maximum atomic E-state index is 9.20. The minimum atomic E-state index is 0.176. The molecule has 0 heterocycles. The van der Waals surface area contributed by atoms with Crippen LogP contribution in [0, 0.1) is 0 Å². The number of methoxy groups -OCH3 is 3. The number of aryl methyl sites for hydroxylation is 1. The largest absolute Gasteiger partial charge is 0.497 e. The summed E-state index contributed by atoms with van der Waals surface area (Å²) in [7, 11) is 4.95. The summed E-state index contributed by atoms with van der Waals surface area (Å²) < 4.78 is 16.3. The quantitative estimate of drug-likeness (QED) is 0.697. The molecule has 0 spiro atoms. The molecule has 3 rings (SSSR count). The van der Waals surface area contributed by atoms with Crippen molar-refractivity contribution in [3.8, 4) is 17.2 Å². The maximum absolute atomic E-state index is 9.20. The second-order valence-electron chi connectivity index (χ2n) is 5.70. The summed E-state index contributed by atoms with van der Waals surface area (Å²) in [6.07, 6.45) is 1.54. The molecule has 126 valence electrons. The third-order valence-corrected chi connectivity index (χ3v) is 4.35. The van der Waals surface area contributed by atoms with E-state index in [-0.39, 0.29) is 6.61 Å². The predicted octanol–water partition coefficient (Wildman–Crippen LogP) is 3.94. The summed E-state index contributed by atoms with van der Waals surface area (Å²) in [5.74, 6) is 2.23. The van der Waals surface area contributed by atoms with Crippen molar-refractivity contribution in [1.82, 2.24) is 0 Å². The van der Waals surface area contributed by atoms with Gasteiger partial charge in [0.05, 0.1) is 21.3 Å². The highest BCUT2D eigenvalue weighted by molar-refractivity contribution is 6.10. The van der Waals surface area contributed by atoms with Crippen LogP contribution in [0.1, 0.15) is 12.0 Å². The zero-order valence-electron chi connectivity index (χ0n) is 14.3. The van der Waals surface area contributed by atoms with Gasteiger partial charge in [-0.3, -0.25) is 0 Å². The first-order valence-electron chi connectivity index (χ1n) is 7.98. The standard InChI is InChI=1S/C20H22O4/c1-22-15-7-6-14-9-13(5-4-8-21)17-11-19(23-2)20(24-3)12-18(17)16(14)10-15/h6-7,9-12,21H,4-5,8H2,1-3H3. The van der Waals surface area contributed by atoms with Crippen molar-refractivity contribution in [2.75, 3.05) is 27.9 Å². The molecule has 0 unspecified atom stereocenters. The smallest absolute Gasteiger partial charge is 0.161 e. The minimum Gasteiger partial charge on any atom is -0.497 e. The minimum absolute atomic E-state index is 0.176. The van der Waals surface area contributed by atoms with E-state index in [4.69, 9.17) is 14.2 Å². The average Bonchev–Trinajstić information content (AvgIpc) is 2.64. The van der Waals surface area contributed by atoms with Gasteiger partial charge >= 0.3 is 0 Å². The Morgan fingerprint density at radius 1 is 0.792 bits per heavy atom. The van der Waals surface area contributed by atoms with Crippen LogP contribution in [0.25, 0.3) is 21.5 Å². The van der Waals surface area contributed by atoms with E-state index in [1.807, 2.05) is 24.3 Å². The lowest BCUT2D eigenvalue weighted by Gasteiger charge is -2.15. The molecule has 0 atom stereocenters. The summed E-state index contributed by atoms with van der Waals surface area (Å²) >= 11 is 0. The summed E-state index contributed by atoms with van der Waals surface area (Å²) in [6, 6.07) is 12.3. The van der Waals surface area contributed by atoms with Gasteiger partial charge in [0.15, 0.2) is 11.5 Å². The van der Waals surface area contributed by atoms with Gasteiger partial charge in [0.2, 0.25) is 0 Å². The Hall–Kier alpha value is -2.46. The van der Waals surface area contributed by atoms with Crippen molar-refractivity contribution in [2.45, 2.75) is 12.8 Å². The third-order valence-electron chi connectivity index (χ3n) is 4.35. The molecule has 1 N–H and O–H groups in total. The van der Waals surface area contributed by atoms with Gasteiger partial charge in [-0.05, 0) is 64.2 Å². The summed E-state index contributed by atoms with van der Waals surface area (Å²) in [5, 5.41) is 13.7. The van der Waals surface area contributed by atoms with Crippen molar-refractivity contribution in [1.29, 1.82) is 0 Å². The molecule has 0 saturated carbocycles. The summed E-state index contributed by atoms with van der Waals surface area (Å²) in [4.78, 5) is 0. The van der Waals surface area contributed by atoms with Gasteiger partial charge in [0.1, 0.15) is 5.75 Å². The first-order chi connectivity index (χ1) is 11.7. The molecule has 24 heavy (non-hydrogen) atoms. The van der Waals surface area contributed by atoms with E-state index in [0.717, 1.165) is 40.1 Å². The maximum Gasteiger partial charge on any atom is 0.161 e. The number of aliphatic hydroxyl groups excluding tert-OH is 1. The predicted molar refractivity (Wildman–Crippen MR) is 96.5 cm³/mol. The highest BCUT2D eigenvalue weighted by Crippen LogP contribution is 2.38. The van der Waals surface area contributed by atoms with Crippen molar-refractivity contribution in [3.05, 3.63) is 42.0 Å². The molecule has 0 amide bonds. The number of aliphatic hydroxyl groups is 1. The Labute approximate surface area is 141 Å². The molecular weight excluding hydrogens is 304 g/mol. The van der Waals surface area contributed by atoms with Crippen LogP contribution in [0.5, 0.6) is 17.2 Å². The van der Waals surface area contributed by atoms with Gasteiger partial charge in [-0.25, -0.2) is 0 Å². The molecule has 0 aliphatic rings. The molecule has 3 aromatic carbocycles. The second-order valence-corrected chi connectivity index (χ2v) is 5.70. The lowest BCUT2D eigenvalue weighted by Crippen LogP contribution is -1.96. The van der Waals surface area contributed by atoms with Gasteiger partial charge in [-0.1, -0.05) is 12.1 Å². The lowest BCUT2D eigenvalue weighted by molar-refractivity contribution is 0.289. The van der Waals surface area contributed by atoms with E-state index < -0.39 is 0 Å². The van der Waals surface area contributed by atoms with E-state index in [0.29, 0.717) is 11.5 Å². The van der Waals surface area contributed by atoms with E-state index in [2.05, 4.69) is 12.1 Å². The lowest BCUT2D eigenvalue weighted by atomic mass is 9.94. The molecule has 0 radical (unpaired) electrons. The number of ether oxygens (including phenoxy) is 3. The van der Waals surface area contributed by atoms with Gasteiger partial charge < -0.3 is 19.3 Å². The van der Waals surface area contributed by atoms with Crippen LogP contribution in [-0.4, -0.2) is 33.0 Å². The molecule has 0 saturated heterocycles. The van der Waals surface area contributed by atoms with Gasteiger partial charge in [0.25, 0.3) is 0 Å². The normalized spacial score (nSPS) is 11.0. The van der Waals surface area contributed by atoms with Crippen molar-refractivity contribution >= 4 is 21.5 Å². The highest BCUT2D eigenvalue weighted by Gasteiger charge is 2.13. The fourth-order valence-corrected chi connectivity index (χ4v) is 3.13. The molecule has 0 fully saturated rings. The van der Waals surface area contributed by atoms with E-state index in [1.165, 1.54) is 5.56 Å². The van der Waals surface area contributed by atoms with E-state index in [1.54, 1.807) is 21.3 Å². The fraction of sp³-hybridized carbons (Fsp3) is 0.300. The SMILES string of the molecule is COc1ccc2cc(CCCO)c3cc(OC)c(OC)cc3c2c1. The van der Waals surface area contributed by atoms with Crippen LogP contribution in [-0.2, 0) is 6.42 Å². The third kappa shape index (κ3) is 2.85. The first kappa shape index (κ1) is 16.4. The van der Waals surface area contributed by atoms with Crippen LogP contribution in [0.3, 0.4) is 0 Å². The average molecular weight is 326 g/mol. The van der Waals surface area contributed by atoms with Gasteiger partial charge in [0, 0.05) is 6.61 Å². The van der Waals surface area contributed by atoms with Gasteiger partial charge in [-0.15, -0.1) is 0 Å². The Morgan fingerprint density at radius 2 is 1.50 bits per heavy atom. The molecule has 0 bridgehead atoms. The van der Waals surface area contributed by atoms with Crippen molar-refractivity contribution in [3.63, 3.8) is 0 Å². The van der Waals surface area contributed by atoms with Gasteiger partial charge in [-0.2, -0.15) is 0 Å². The van der Waals surface area contributed by atoms with Crippen LogP contribution < -0.4 is 14.2 Å². The van der Waals surface area contributed by atoms with Crippen molar-refractivity contribution < 1.29 is 19.3 Å². The topological polar surface area (TPSA) is 47.9 Å². The Morgan fingerprint density at radius 3 is 2.12 bits per heavy atom. The Bertz CT molecular complexity index is 871. The molecule has 0 aromatic heterocycles. The Balaban J connectivity index is 2.36. The van der Waals surface area contributed by atoms with E-state index >= 15 is 0 Å². The molecule has 0 aliphatic carbocycles. The molecule has 4 heteroatoms. The number of fused-ring (bicyclic) bond motifs is 3. The zero-order valence-corrected chi connectivity index (χ0v) is 14.3. The molecule has 4 nitrogen and oxygen atoms in total. The molecule has 0 aliphatic heterocycles. The van der Waals surface area contributed by atoms with Crippen molar-refractivity contribution in [2.24, 2.45) is 0 Å². The van der Waals surface area contributed by atoms with E-state index in [9.17, 15) is 5.11 Å². The first-order valence-corrected chi connectivity index (χ1v) is 7.98. The fourth-order valence-electron chi connectivity index (χ4n) is 3.13. The molecule has 3 aromatic rings. The monoisotopic (exact) mass is 326 g/mol. The second kappa shape index (κ2) is 6.97. The number of benzene rings is 3. The van der Waals surface area contributed by atoms with Crippen LogP contribution in [0.15, 0.2) is 36.4 Å². The zero-order chi connectivity index (χ0) is 17.1. The number of hydrogen-bond donors (Lipinski definition) is 1. The number of hydrogen-bond acceptors (Lipinski definition) is 4. The highest BCUT2D eigenvalue weighted by atomic mass is 16.5. The van der Waals surface area contributed by atoms with Crippen LogP contribution >= 0.6 is 0 Å². The summed E-state index contributed by atoms with van der Waals surface area (Å²) in [6.45, 7) is 0.176. The summed E-state index contributed by atoms with van der Waals surface area (Å²) in [5.41, 5.74) is 1.19. The Kier molecular flexibility index (Phi) is 4.76. The van der Waals surface area contributed by atoms with Crippen LogP contribution in [0.4, 0.5) is 0 Å².